The number of rotatable bonds is 2. The third-order valence-electron chi connectivity index (χ3n) is 5.31. The smallest absolute Gasteiger partial charge is 0.142 e. The highest BCUT2D eigenvalue weighted by atomic mass is 32.1. The molecule has 0 aliphatic carbocycles. The van der Waals surface area contributed by atoms with Gasteiger partial charge in [-0.2, -0.15) is 0 Å². The van der Waals surface area contributed by atoms with E-state index in [1.165, 1.54) is 0 Å². The van der Waals surface area contributed by atoms with Gasteiger partial charge >= 0.3 is 0 Å². The summed E-state index contributed by atoms with van der Waals surface area (Å²) in [4.78, 5) is 14.7. The number of fused-ring (bicyclic) bond motifs is 5. The van der Waals surface area contributed by atoms with Crippen molar-refractivity contribution >= 4 is 38.0 Å². The third-order valence-corrected chi connectivity index (χ3v) is 6.52. The fourth-order valence-corrected chi connectivity index (χ4v) is 4.92. The maximum Gasteiger partial charge on any atom is 0.142 e. The Balaban J connectivity index is 1.63. The molecule has 1 unspecified atom stereocenters. The summed E-state index contributed by atoms with van der Waals surface area (Å²) in [5.41, 5.74) is 3.70. The molecule has 29 heavy (non-hydrogen) atoms. The minimum Gasteiger partial charge on any atom is -0.382 e. The van der Waals surface area contributed by atoms with Crippen LogP contribution in [-0.2, 0) is 0 Å². The Morgan fingerprint density at radius 1 is 1.14 bits per heavy atom. The first-order valence-corrected chi connectivity index (χ1v) is 10.7. The Labute approximate surface area is 173 Å². The molecule has 2 atom stereocenters. The number of aliphatic hydroxyl groups is 1. The molecule has 1 aliphatic rings. The lowest BCUT2D eigenvalue weighted by atomic mass is 10.1. The zero-order valence-electron chi connectivity index (χ0n) is 16.6. The van der Waals surface area contributed by atoms with E-state index in [0.717, 1.165) is 55.2 Å². The van der Waals surface area contributed by atoms with Crippen LogP contribution in [0.3, 0.4) is 0 Å². The summed E-state index contributed by atoms with van der Waals surface area (Å²) in [6.45, 7) is 6.99. The molecular weight excluding hydrogens is 382 g/mol. The second-order valence-corrected chi connectivity index (χ2v) is 8.96. The number of hydrogen-bond acceptors (Lipinski definition) is 7. The van der Waals surface area contributed by atoms with Crippen molar-refractivity contribution in [1.82, 2.24) is 20.3 Å². The number of hydrogen-bond donors (Lipinski definition) is 3. The van der Waals surface area contributed by atoms with E-state index in [1.54, 1.807) is 11.3 Å². The number of anilines is 1. The van der Waals surface area contributed by atoms with E-state index in [-0.39, 0.29) is 6.04 Å². The van der Waals surface area contributed by atoms with Gasteiger partial charge in [-0.3, -0.25) is 5.32 Å². The Hall–Kier alpha value is -2.61. The van der Waals surface area contributed by atoms with Crippen molar-refractivity contribution in [2.24, 2.45) is 0 Å². The molecule has 0 spiro atoms. The van der Waals surface area contributed by atoms with Crippen LogP contribution in [-0.4, -0.2) is 32.6 Å². The summed E-state index contributed by atoms with van der Waals surface area (Å²) >= 11 is 1.62. The Bertz CT molecular complexity index is 1200. The summed E-state index contributed by atoms with van der Waals surface area (Å²) in [5, 5.41) is 19.5. The van der Waals surface area contributed by atoms with E-state index in [1.807, 2.05) is 24.5 Å². The molecule has 0 saturated heterocycles. The lowest BCUT2D eigenvalue weighted by molar-refractivity contribution is 0.134. The SMILES string of the molecule is CC(C)c1ncc(-c2ccc3c(ccc4sc5c(c43)NC[C@@H](C)NC5O)n2)cn1. The molecule has 1 aliphatic heterocycles. The van der Waals surface area contributed by atoms with Crippen LogP contribution in [0.25, 0.3) is 32.2 Å². The standard InChI is InChI=1S/C22H23N5OS/c1-11(2)21-24-9-13(10-25-21)15-5-4-14-16(27-15)6-7-17-18(14)19-20(29-17)22(28)26-12(3)8-23-19/h4-7,9-12,22-23,26,28H,8H2,1-3H3/t12-,22?/m1/s1. The topological polar surface area (TPSA) is 83.0 Å². The van der Waals surface area contributed by atoms with Crippen LogP contribution in [0.1, 0.15) is 43.6 Å². The summed E-state index contributed by atoms with van der Waals surface area (Å²) in [5.74, 6) is 1.14. The maximum atomic E-state index is 10.6. The molecule has 4 heterocycles. The second kappa shape index (κ2) is 7.02. The van der Waals surface area contributed by atoms with Crippen molar-refractivity contribution in [2.75, 3.05) is 11.9 Å². The fraction of sp³-hybridized carbons (Fsp3) is 0.318. The van der Waals surface area contributed by atoms with Gasteiger partial charge in [0.25, 0.3) is 0 Å². The number of aliphatic hydroxyl groups excluding tert-OH is 1. The highest BCUT2D eigenvalue weighted by molar-refractivity contribution is 7.20. The number of nitrogens with zero attached hydrogens (tertiary/aromatic N) is 3. The van der Waals surface area contributed by atoms with E-state index >= 15 is 0 Å². The minimum atomic E-state index is -0.661. The van der Waals surface area contributed by atoms with Crippen molar-refractivity contribution in [2.45, 2.75) is 39.0 Å². The number of pyridine rings is 1. The highest BCUT2D eigenvalue weighted by Crippen LogP contribution is 2.43. The average Bonchev–Trinajstić information content (AvgIpc) is 3.04. The average molecular weight is 406 g/mol. The summed E-state index contributed by atoms with van der Waals surface area (Å²) in [6, 6.07) is 8.45. The van der Waals surface area contributed by atoms with Crippen LogP contribution >= 0.6 is 11.3 Å². The Kier molecular flexibility index (Phi) is 4.46. The Morgan fingerprint density at radius 3 is 2.69 bits per heavy atom. The van der Waals surface area contributed by atoms with Crippen LogP contribution in [0.2, 0.25) is 0 Å². The van der Waals surface area contributed by atoms with Gasteiger partial charge < -0.3 is 10.4 Å². The van der Waals surface area contributed by atoms with E-state index < -0.39 is 6.23 Å². The van der Waals surface area contributed by atoms with Gasteiger partial charge in [0.1, 0.15) is 12.1 Å². The normalized spacial score (nSPS) is 19.3. The van der Waals surface area contributed by atoms with Crippen LogP contribution < -0.4 is 10.6 Å². The highest BCUT2D eigenvalue weighted by Gasteiger charge is 2.25. The van der Waals surface area contributed by atoms with Crippen molar-refractivity contribution < 1.29 is 5.11 Å². The molecule has 7 heteroatoms. The largest absolute Gasteiger partial charge is 0.382 e. The first-order chi connectivity index (χ1) is 14.0. The molecule has 0 radical (unpaired) electrons. The summed E-state index contributed by atoms with van der Waals surface area (Å²) in [7, 11) is 0. The van der Waals surface area contributed by atoms with Gasteiger partial charge in [0.2, 0.25) is 0 Å². The lowest BCUT2D eigenvalue weighted by Crippen LogP contribution is -2.32. The number of thiophene rings is 1. The van der Waals surface area contributed by atoms with Crippen LogP contribution in [0.5, 0.6) is 0 Å². The number of nitrogens with one attached hydrogen (secondary N) is 2. The van der Waals surface area contributed by atoms with Gasteiger partial charge in [0.05, 0.1) is 21.8 Å². The quantitative estimate of drug-likeness (QED) is 0.458. The van der Waals surface area contributed by atoms with Crippen molar-refractivity contribution in [3.05, 3.63) is 47.4 Å². The molecular formula is C22H23N5OS. The van der Waals surface area contributed by atoms with E-state index in [4.69, 9.17) is 4.98 Å². The van der Waals surface area contributed by atoms with Gasteiger partial charge in [-0.05, 0) is 31.2 Å². The van der Waals surface area contributed by atoms with Crippen molar-refractivity contribution in [3.63, 3.8) is 0 Å². The molecule has 5 rings (SSSR count). The predicted octanol–water partition coefficient (Wildman–Crippen LogP) is 4.42. The zero-order chi connectivity index (χ0) is 20.1. The van der Waals surface area contributed by atoms with Gasteiger partial charge in [-0.15, -0.1) is 11.3 Å². The molecule has 0 saturated carbocycles. The molecule has 6 nitrogen and oxygen atoms in total. The van der Waals surface area contributed by atoms with E-state index in [2.05, 4.69) is 53.5 Å². The van der Waals surface area contributed by atoms with Gasteiger partial charge in [0.15, 0.2) is 0 Å². The molecule has 148 valence electrons. The first-order valence-electron chi connectivity index (χ1n) is 9.87. The van der Waals surface area contributed by atoms with Crippen molar-refractivity contribution in [1.29, 1.82) is 0 Å². The molecule has 3 aromatic heterocycles. The zero-order valence-corrected chi connectivity index (χ0v) is 17.4. The van der Waals surface area contributed by atoms with Gasteiger partial charge in [0, 0.05) is 51.9 Å². The van der Waals surface area contributed by atoms with Crippen molar-refractivity contribution in [3.8, 4) is 11.3 Å². The summed E-state index contributed by atoms with van der Waals surface area (Å²) < 4.78 is 1.14. The summed E-state index contributed by atoms with van der Waals surface area (Å²) in [6.07, 6.45) is 3.03. The van der Waals surface area contributed by atoms with Gasteiger partial charge in [-0.1, -0.05) is 13.8 Å². The fourth-order valence-electron chi connectivity index (χ4n) is 3.78. The first kappa shape index (κ1) is 18.4. The number of aromatic nitrogens is 3. The molecule has 4 aromatic rings. The monoisotopic (exact) mass is 405 g/mol. The lowest BCUT2D eigenvalue weighted by Gasteiger charge is -2.13. The molecule has 1 aromatic carbocycles. The molecule has 0 fully saturated rings. The van der Waals surface area contributed by atoms with Crippen LogP contribution in [0, 0.1) is 0 Å². The van der Waals surface area contributed by atoms with Gasteiger partial charge in [-0.25, -0.2) is 15.0 Å². The van der Waals surface area contributed by atoms with E-state index in [9.17, 15) is 5.11 Å². The molecule has 0 bridgehead atoms. The predicted molar refractivity (Wildman–Crippen MR) is 118 cm³/mol. The Morgan fingerprint density at radius 2 is 1.93 bits per heavy atom. The third kappa shape index (κ3) is 3.15. The molecule has 0 amide bonds. The number of benzene rings is 1. The van der Waals surface area contributed by atoms with Crippen LogP contribution in [0.4, 0.5) is 5.69 Å². The van der Waals surface area contributed by atoms with E-state index in [0.29, 0.717) is 5.92 Å². The maximum absolute atomic E-state index is 10.6. The minimum absolute atomic E-state index is 0.188. The molecule has 3 N–H and O–H groups in total. The van der Waals surface area contributed by atoms with Crippen LogP contribution in [0.15, 0.2) is 36.7 Å². The second-order valence-electron chi connectivity index (χ2n) is 7.88.